The number of amides is 1. The molecule has 0 atom stereocenters. The number of para-hydroxylation sites is 4. The first-order valence-electron chi connectivity index (χ1n) is 9.20. The van der Waals surface area contributed by atoms with Crippen LogP contribution in [0.1, 0.15) is 0 Å². The van der Waals surface area contributed by atoms with Crippen LogP contribution in [0.15, 0.2) is 96.5 Å². The Hall–Kier alpha value is -3.64. The van der Waals surface area contributed by atoms with Crippen molar-refractivity contribution in [2.45, 2.75) is 0 Å². The van der Waals surface area contributed by atoms with Crippen molar-refractivity contribution in [1.29, 1.82) is 0 Å². The van der Waals surface area contributed by atoms with Gasteiger partial charge in [-0.25, -0.2) is 0 Å². The molecule has 142 valence electrons. The molecule has 1 amide bonds. The van der Waals surface area contributed by atoms with Gasteiger partial charge in [-0.15, -0.1) is 0 Å². The van der Waals surface area contributed by atoms with Crippen LogP contribution in [0.25, 0.3) is 0 Å². The van der Waals surface area contributed by atoms with E-state index in [-0.39, 0.29) is 5.91 Å². The van der Waals surface area contributed by atoms with Gasteiger partial charge >= 0.3 is 0 Å². The lowest BCUT2D eigenvalue weighted by molar-refractivity contribution is -0.113. The van der Waals surface area contributed by atoms with Gasteiger partial charge in [0.25, 0.3) is 5.91 Å². The van der Waals surface area contributed by atoms with Gasteiger partial charge in [0.05, 0.1) is 11.4 Å². The van der Waals surface area contributed by atoms with Crippen LogP contribution >= 0.6 is 12.2 Å². The molecule has 0 aliphatic carbocycles. The fourth-order valence-corrected chi connectivity index (χ4v) is 3.99. The number of carbonyl (C=O) groups excluding carboxylic acids is 1. The Bertz CT molecular complexity index is 1150. The number of hydrogen-bond acceptors (Lipinski definition) is 4. The molecule has 0 spiro atoms. The van der Waals surface area contributed by atoms with E-state index in [1.54, 1.807) is 9.80 Å². The van der Waals surface area contributed by atoms with Crippen molar-refractivity contribution in [1.82, 2.24) is 0 Å². The summed E-state index contributed by atoms with van der Waals surface area (Å²) < 4.78 is 6.11. The molecule has 0 N–H and O–H groups in total. The molecule has 0 radical (unpaired) electrons. The van der Waals surface area contributed by atoms with E-state index >= 15 is 0 Å². The number of ether oxygens (including phenoxy) is 1. The molecule has 0 saturated carbocycles. The van der Waals surface area contributed by atoms with E-state index < -0.39 is 0 Å². The third kappa shape index (κ3) is 2.68. The lowest BCUT2D eigenvalue weighted by Crippen LogP contribution is -2.32. The minimum absolute atomic E-state index is 0.222. The van der Waals surface area contributed by atoms with E-state index in [0.29, 0.717) is 22.4 Å². The van der Waals surface area contributed by atoms with Crippen molar-refractivity contribution in [3.63, 3.8) is 0 Å². The molecule has 0 bridgehead atoms. The van der Waals surface area contributed by atoms with E-state index in [0.717, 1.165) is 17.1 Å². The summed E-state index contributed by atoms with van der Waals surface area (Å²) in [5.41, 5.74) is 2.82. The number of carbonyl (C=O) groups is 1. The topological polar surface area (TPSA) is 36.0 Å². The fraction of sp³-hybridized carbons (Fsp3) is 0.0435. The van der Waals surface area contributed by atoms with Crippen LogP contribution in [-0.2, 0) is 4.79 Å². The largest absolute Gasteiger partial charge is 0.436 e. The molecule has 3 aromatic carbocycles. The second-order valence-electron chi connectivity index (χ2n) is 6.71. The molecule has 29 heavy (non-hydrogen) atoms. The minimum Gasteiger partial charge on any atom is -0.436 e. The van der Waals surface area contributed by atoms with Gasteiger partial charge in [0.1, 0.15) is 0 Å². The normalized spacial score (nSPS) is 18.3. The van der Waals surface area contributed by atoms with Crippen molar-refractivity contribution in [2.75, 3.05) is 21.7 Å². The second-order valence-corrected chi connectivity index (χ2v) is 7.08. The molecule has 1 fully saturated rings. The Morgan fingerprint density at radius 3 is 1.93 bits per heavy atom. The van der Waals surface area contributed by atoms with Crippen molar-refractivity contribution >= 4 is 40.3 Å². The number of thiocarbonyl (C=S) groups is 1. The number of benzene rings is 3. The van der Waals surface area contributed by atoms with Crippen molar-refractivity contribution < 1.29 is 9.53 Å². The lowest BCUT2D eigenvalue weighted by Gasteiger charge is -2.21. The van der Waals surface area contributed by atoms with Crippen molar-refractivity contribution in [3.05, 3.63) is 96.5 Å². The SMILES string of the molecule is CN1C(=C2C(=O)N(c3ccccc3)C(=S)N2c2ccccc2)Oc2ccccc21. The van der Waals surface area contributed by atoms with Crippen molar-refractivity contribution in [3.8, 4) is 5.75 Å². The Labute approximate surface area is 174 Å². The van der Waals surface area contributed by atoms with Crippen LogP contribution < -0.4 is 19.4 Å². The van der Waals surface area contributed by atoms with Gasteiger partial charge in [-0.2, -0.15) is 0 Å². The van der Waals surface area contributed by atoms with E-state index in [1.807, 2.05) is 96.9 Å². The standard InChI is InChI=1S/C23H17N3O2S/c1-24-18-14-8-9-15-19(18)28-22(24)20-21(27)26(17-12-6-3-7-13-17)23(29)25(20)16-10-4-2-5-11-16/h2-15H,1H3. The van der Waals surface area contributed by atoms with Crippen LogP contribution in [-0.4, -0.2) is 18.1 Å². The highest BCUT2D eigenvalue weighted by molar-refractivity contribution is 7.81. The summed E-state index contributed by atoms with van der Waals surface area (Å²) >= 11 is 5.76. The summed E-state index contributed by atoms with van der Waals surface area (Å²) in [6, 6.07) is 26.7. The summed E-state index contributed by atoms with van der Waals surface area (Å²) in [5.74, 6) is 0.947. The first kappa shape index (κ1) is 17.5. The number of fused-ring (bicyclic) bond motifs is 1. The first-order chi connectivity index (χ1) is 14.2. The summed E-state index contributed by atoms with van der Waals surface area (Å²) in [4.78, 5) is 18.8. The van der Waals surface area contributed by atoms with Gasteiger partial charge in [0.15, 0.2) is 16.6 Å². The quantitative estimate of drug-likeness (QED) is 0.468. The van der Waals surface area contributed by atoms with Gasteiger partial charge in [0.2, 0.25) is 5.88 Å². The zero-order chi connectivity index (χ0) is 20.0. The van der Waals surface area contributed by atoms with Crippen LogP contribution in [0.5, 0.6) is 5.75 Å². The predicted octanol–water partition coefficient (Wildman–Crippen LogP) is 4.52. The third-order valence-electron chi connectivity index (χ3n) is 4.98. The Kier molecular flexibility index (Phi) is 4.07. The maximum Gasteiger partial charge on any atom is 0.287 e. The minimum atomic E-state index is -0.222. The molecule has 6 heteroatoms. The highest BCUT2D eigenvalue weighted by Gasteiger charge is 2.45. The lowest BCUT2D eigenvalue weighted by atomic mass is 10.2. The maximum absolute atomic E-state index is 13.6. The smallest absolute Gasteiger partial charge is 0.287 e. The molecule has 2 heterocycles. The highest BCUT2D eigenvalue weighted by Crippen LogP contribution is 2.42. The summed E-state index contributed by atoms with van der Waals surface area (Å²) in [7, 11) is 1.89. The molecule has 3 aromatic rings. The average Bonchev–Trinajstić information content (AvgIpc) is 3.22. The van der Waals surface area contributed by atoms with Gasteiger partial charge in [0, 0.05) is 12.7 Å². The molecule has 5 nitrogen and oxygen atoms in total. The monoisotopic (exact) mass is 399 g/mol. The highest BCUT2D eigenvalue weighted by atomic mass is 32.1. The van der Waals surface area contributed by atoms with E-state index in [2.05, 4.69) is 0 Å². The van der Waals surface area contributed by atoms with Crippen LogP contribution in [0.4, 0.5) is 17.1 Å². The molecule has 5 rings (SSSR count). The molecule has 0 unspecified atom stereocenters. The molecular weight excluding hydrogens is 382 g/mol. The second kappa shape index (κ2) is 6.76. The fourth-order valence-electron chi connectivity index (χ4n) is 3.60. The third-order valence-corrected chi connectivity index (χ3v) is 5.35. The van der Waals surface area contributed by atoms with E-state index in [9.17, 15) is 4.79 Å². The number of hydrogen-bond donors (Lipinski definition) is 0. The zero-order valence-corrected chi connectivity index (χ0v) is 16.5. The Balaban J connectivity index is 1.70. The molecule has 2 aliphatic heterocycles. The molecule has 0 aromatic heterocycles. The summed E-state index contributed by atoms with van der Waals surface area (Å²) in [6.45, 7) is 0. The first-order valence-corrected chi connectivity index (χ1v) is 9.61. The Morgan fingerprint density at radius 2 is 1.31 bits per heavy atom. The summed E-state index contributed by atoms with van der Waals surface area (Å²) in [6.07, 6.45) is 0. The summed E-state index contributed by atoms with van der Waals surface area (Å²) in [5, 5.41) is 0.392. The number of anilines is 3. The van der Waals surface area contributed by atoms with Crippen molar-refractivity contribution in [2.24, 2.45) is 0 Å². The van der Waals surface area contributed by atoms with Crippen LogP contribution in [0.2, 0.25) is 0 Å². The number of rotatable bonds is 2. The van der Waals surface area contributed by atoms with E-state index in [4.69, 9.17) is 17.0 Å². The Morgan fingerprint density at radius 1 is 0.759 bits per heavy atom. The number of nitrogens with zero attached hydrogens (tertiary/aromatic N) is 3. The van der Waals surface area contributed by atoms with Gasteiger partial charge in [-0.05, 0) is 48.6 Å². The van der Waals surface area contributed by atoms with Crippen LogP contribution in [0.3, 0.4) is 0 Å². The maximum atomic E-state index is 13.6. The average molecular weight is 399 g/mol. The van der Waals surface area contributed by atoms with Gasteiger partial charge in [-0.3, -0.25) is 14.6 Å². The van der Waals surface area contributed by atoms with Crippen LogP contribution in [0, 0.1) is 0 Å². The van der Waals surface area contributed by atoms with Gasteiger partial charge in [-0.1, -0.05) is 48.5 Å². The molecule has 1 saturated heterocycles. The predicted molar refractivity (Wildman–Crippen MR) is 118 cm³/mol. The van der Waals surface area contributed by atoms with E-state index in [1.165, 1.54) is 0 Å². The zero-order valence-electron chi connectivity index (χ0n) is 15.6. The molecular formula is C23H17N3O2S. The molecule has 2 aliphatic rings. The van der Waals surface area contributed by atoms with Gasteiger partial charge < -0.3 is 9.64 Å².